The van der Waals surface area contributed by atoms with Crippen molar-refractivity contribution in [3.63, 3.8) is 0 Å². The molecule has 0 amide bonds. The SMILES string of the molecule is CN(C)c1cccc(NCCn2cc(C(=O)O)nn2)c1. The lowest BCUT2D eigenvalue weighted by atomic mass is 10.2. The Balaban J connectivity index is 1.89. The third kappa shape index (κ3) is 3.47. The predicted molar refractivity (Wildman–Crippen MR) is 76.2 cm³/mol. The van der Waals surface area contributed by atoms with Crippen molar-refractivity contribution in [2.24, 2.45) is 0 Å². The topological polar surface area (TPSA) is 83.3 Å². The Morgan fingerprint density at radius 3 is 2.90 bits per heavy atom. The van der Waals surface area contributed by atoms with Crippen molar-refractivity contribution in [1.82, 2.24) is 15.0 Å². The largest absolute Gasteiger partial charge is 0.476 e. The average Bonchev–Trinajstić information content (AvgIpc) is 2.88. The lowest BCUT2D eigenvalue weighted by Gasteiger charge is -2.14. The number of hydrogen-bond donors (Lipinski definition) is 2. The summed E-state index contributed by atoms with van der Waals surface area (Å²) in [6.45, 7) is 1.19. The van der Waals surface area contributed by atoms with Crippen molar-refractivity contribution in [3.05, 3.63) is 36.2 Å². The number of carboxylic acid groups (broad SMARTS) is 1. The molecule has 2 aromatic rings. The van der Waals surface area contributed by atoms with Crippen LogP contribution in [0.4, 0.5) is 11.4 Å². The van der Waals surface area contributed by atoms with Crippen LogP contribution in [0.3, 0.4) is 0 Å². The number of anilines is 2. The van der Waals surface area contributed by atoms with Crippen LogP contribution >= 0.6 is 0 Å². The molecule has 7 nitrogen and oxygen atoms in total. The molecule has 0 fully saturated rings. The monoisotopic (exact) mass is 275 g/mol. The smallest absolute Gasteiger partial charge is 0.358 e. The van der Waals surface area contributed by atoms with Gasteiger partial charge in [0.25, 0.3) is 0 Å². The van der Waals surface area contributed by atoms with Crippen LogP contribution in [0.1, 0.15) is 10.5 Å². The van der Waals surface area contributed by atoms with Gasteiger partial charge in [-0.2, -0.15) is 0 Å². The lowest BCUT2D eigenvalue weighted by molar-refractivity contribution is 0.0690. The van der Waals surface area contributed by atoms with E-state index in [1.165, 1.54) is 10.9 Å². The first kappa shape index (κ1) is 13.9. The van der Waals surface area contributed by atoms with Crippen LogP contribution in [0, 0.1) is 0 Å². The van der Waals surface area contributed by atoms with E-state index in [2.05, 4.69) is 15.6 Å². The van der Waals surface area contributed by atoms with Crippen molar-refractivity contribution in [2.75, 3.05) is 30.9 Å². The van der Waals surface area contributed by atoms with Gasteiger partial charge in [0.2, 0.25) is 0 Å². The van der Waals surface area contributed by atoms with Crippen LogP contribution in [0.15, 0.2) is 30.5 Å². The zero-order valence-electron chi connectivity index (χ0n) is 11.4. The molecule has 20 heavy (non-hydrogen) atoms. The Bertz CT molecular complexity index is 594. The lowest BCUT2D eigenvalue weighted by Crippen LogP contribution is -2.12. The maximum Gasteiger partial charge on any atom is 0.358 e. The molecule has 7 heteroatoms. The van der Waals surface area contributed by atoms with E-state index in [4.69, 9.17) is 5.11 Å². The quantitative estimate of drug-likeness (QED) is 0.823. The van der Waals surface area contributed by atoms with E-state index in [-0.39, 0.29) is 5.69 Å². The van der Waals surface area contributed by atoms with Crippen LogP contribution in [0.2, 0.25) is 0 Å². The summed E-state index contributed by atoms with van der Waals surface area (Å²) >= 11 is 0. The highest BCUT2D eigenvalue weighted by Gasteiger charge is 2.07. The molecular weight excluding hydrogens is 258 g/mol. The van der Waals surface area contributed by atoms with Gasteiger partial charge >= 0.3 is 5.97 Å². The molecule has 0 atom stereocenters. The fourth-order valence-electron chi connectivity index (χ4n) is 1.71. The number of carboxylic acids is 1. The van der Waals surface area contributed by atoms with E-state index in [0.717, 1.165) is 11.4 Å². The summed E-state index contributed by atoms with van der Waals surface area (Å²) < 4.78 is 1.51. The number of aromatic nitrogens is 3. The highest BCUT2D eigenvalue weighted by atomic mass is 16.4. The van der Waals surface area contributed by atoms with Crippen LogP contribution in [-0.4, -0.2) is 46.7 Å². The summed E-state index contributed by atoms with van der Waals surface area (Å²) in [5.74, 6) is -1.07. The summed E-state index contributed by atoms with van der Waals surface area (Å²) in [5.41, 5.74) is 2.08. The van der Waals surface area contributed by atoms with E-state index < -0.39 is 5.97 Å². The zero-order valence-corrected chi connectivity index (χ0v) is 11.4. The third-order valence-electron chi connectivity index (χ3n) is 2.79. The Labute approximate surface area is 116 Å². The number of carbonyl (C=O) groups is 1. The van der Waals surface area contributed by atoms with E-state index in [0.29, 0.717) is 13.1 Å². The van der Waals surface area contributed by atoms with Gasteiger partial charge in [-0.1, -0.05) is 11.3 Å². The molecule has 106 valence electrons. The number of benzene rings is 1. The molecule has 0 aliphatic rings. The Kier molecular flexibility index (Phi) is 4.19. The summed E-state index contributed by atoms with van der Waals surface area (Å²) in [4.78, 5) is 12.7. The number of aromatic carboxylic acids is 1. The van der Waals surface area contributed by atoms with E-state index in [1.54, 1.807) is 0 Å². The molecule has 0 radical (unpaired) electrons. The molecule has 0 saturated carbocycles. The van der Waals surface area contributed by atoms with Gasteiger partial charge in [-0.25, -0.2) is 9.48 Å². The standard InChI is InChI=1S/C13H17N5O2/c1-17(2)11-5-3-4-10(8-11)14-6-7-18-9-12(13(19)20)15-16-18/h3-5,8-9,14H,6-7H2,1-2H3,(H,19,20). The van der Waals surface area contributed by atoms with Gasteiger partial charge in [-0.05, 0) is 18.2 Å². The Morgan fingerprint density at radius 2 is 2.25 bits per heavy atom. The second-order valence-electron chi connectivity index (χ2n) is 4.54. The maximum absolute atomic E-state index is 10.7. The van der Waals surface area contributed by atoms with Gasteiger partial charge in [-0.3, -0.25) is 0 Å². The molecule has 0 saturated heterocycles. The molecule has 0 spiro atoms. The van der Waals surface area contributed by atoms with Crippen molar-refractivity contribution < 1.29 is 9.90 Å². The molecule has 2 N–H and O–H groups in total. The van der Waals surface area contributed by atoms with Gasteiger partial charge in [0.05, 0.1) is 12.7 Å². The first-order chi connectivity index (χ1) is 9.56. The second-order valence-corrected chi connectivity index (χ2v) is 4.54. The molecule has 1 aromatic heterocycles. The number of nitrogens with one attached hydrogen (secondary N) is 1. The van der Waals surface area contributed by atoms with E-state index in [9.17, 15) is 4.79 Å². The predicted octanol–water partition coefficient (Wildman–Crippen LogP) is 1.15. The summed E-state index contributed by atoms with van der Waals surface area (Å²) in [6, 6.07) is 8.04. The highest BCUT2D eigenvalue weighted by Crippen LogP contribution is 2.16. The zero-order chi connectivity index (χ0) is 14.5. The van der Waals surface area contributed by atoms with Crippen molar-refractivity contribution in [2.45, 2.75) is 6.54 Å². The molecule has 1 aromatic carbocycles. The first-order valence-electron chi connectivity index (χ1n) is 6.21. The van der Waals surface area contributed by atoms with Crippen molar-refractivity contribution >= 4 is 17.3 Å². The number of hydrogen-bond acceptors (Lipinski definition) is 5. The minimum absolute atomic E-state index is 0.0420. The molecule has 2 rings (SSSR count). The molecule has 0 unspecified atom stereocenters. The minimum atomic E-state index is -1.07. The van der Waals surface area contributed by atoms with Crippen LogP contribution in [0.25, 0.3) is 0 Å². The summed E-state index contributed by atoms with van der Waals surface area (Å²) in [7, 11) is 3.98. The summed E-state index contributed by atoms with van der Waals surface area (Å²) in [6.07, 6.45) is 1.42. The van der Waals surface area contributed by atoms with Gasteiger partial charge in [0.15, 0.2) is 5.69 Å². The van der Waals surface area contributed by atoms with Crippen LogP contribution < -0.4 is 10.2 Å². The minimum Gasteiger partial charge on any atom is -0.476 e. The van der Waals surface area contributed by atoms with E-state index >= 15 is 0 Å². The molecule has 0 bridgehead atoms. The second kappa shape index (κ2) is 6.05. The van der Waals surface area contributed by atoms with Crippen molar-refractivity contribution in [3.8, 4) is 0 Å². The van der Waals surface area contributed by atoms with E-state index in [1.807, 2.05) is 43.3 Å². The van der Waals surface area contributed by atoms with Gasteiger partial charge in [0, 0.05) is 32.0 Å². The fourth-order valence-corrected chi connectivity index (χ4v) is 1.71. The molecule has 0 aliphatic carbocycles. The van der Waals surface area contributed by atoms with Crippen molar-refractivity contribution in [1.29, 1.82) is 0 Å². The molecular formula is C13H17N5O2. The fraction of sp³-hybridized carbons (Fsp3) is 0.308. The maximum atomic E-state index is 10.7. The number of nitrogens with zero attached hydrogens (tertiary/aromatic N) is 4. The summed E-state index contributed by atoms with van der Waals surface area (Å²) in [5, 5.41) is 19.3. The first-order valence-corrected chi connectivity index (χ1v) is 6.21. The highest BCUT2D eigenvalue weighted by molar-refractivity contribution is 5.84. The molecule has 0 aliphatic heterocycles. The average molecular weight is 275 g/mol. The Hall–Kier alpha value is -2.57. The number of rotatable bonds is 6. The van der Waals surface area contributed by atoms with Gasteiger partial charge in [0.1, 0.15) is 0 Å². The van der Waals surface area contributed by atoms with Crippen LogP contribution in [0.5, 0.6) is 0 Å². The Morgan fingerprint density at radius 1 is 1.45 bits per heavy atom. The van der Waals surface area contributed by atoms with Gasteiger partial charge < -0.3 is 15.3 Å². The van der Waals surface area contributed by atoms with Crippen LogP contribution in [-0.2, 0) is 6.54 Å². The molecule has 1 heterocycles. The van der Waals surface area contributed by atoms with Gasteiger partial charge in [-0.15, -0.1) is 5.10 Å². The normalized spacial score (nSPS) is 10.3. The third-order valence-corrected chi connectivity index (χ3v) is 2.79.